The van der Waals surface area contributed by atoms with Crippen molar-refractivity contribution in [3.05, 3.63) is 76.8 Å². The summed E-state index contributed by atoms with van der Waals surface area (Å²) in [5.74, 6) is 6.20. The third kappa shape index (κ3) is 15.4. The number of nitrogens with two attached hydrogens (primary N) is 1. The Morgan fingerprint density at radius 2 is 1.88 bits per heavy atom. The van der Waals surface area contributed by atoms with Crippen molar-refractivity contribution in [1.29, 1.82) is 0 Å². The number of halogens is 1. The van der Waals surface area contributed by atoms with Gasteiger partial charge in [-0.1, -0.05) is 89.8 Å². The minimum Gasteiger partial charge on any atom is -0.507 e. The number of phenols is 1. The molecular weight excluding hydrogens is 582 g/mol. The summed E-state index contributed by atoms with van der Waals surface area (Å²) in [6.07, 6.45) is 16.3. The SMILES string of the molecule is CC.CC1/C=C/CC(/C=C/C#C/C=C/C(C)(C)Cc2cccc(O)c2Br)OC(=O)/C=C\CC(C)CC(OC(N)=O)C1. The Bertz CT molecular complexity index is 1160. The van der Waals surface area contributed by atoms with Gasteiger partial charge in [0.1, 0.15) is 18.0 Å². The minimum absolute atomic E-state index is 0.161. The van der Waals surface area contributed by atoms with E-state index in [2.05, 4.69) is 48.5 Å². The fraction of sp³-hybridized carbons (Fsp3) is 0.471. The van der Waals surface area contributed by atoms with Crippen LogP contribution in [-0.2, 0) is 20.7 Å². The number of cyclic esters (lactones) is 1. The quantitative estimate of drug-likeness (QED) is 0.195. The summed E-state index contributed by atoms with van der Waals surface area (Å²) in [6.45, 7) is 12.3. The van der Waals surface area contributed by atoms with Gasteiger partial charge in [-0.15, -0.1) is 0 Å². The molecule has 224 valence electrons. The zero-order chi connectivity index (χ0) is 30.8. The molecule has 7 heteroatoms. The maximum Gasteiger partial charge on any atom is 0.404 e. The van der Waals surface area contributed by atoms with Gasteiger partial charge in [0.15, 0.2) is 0 Å². The zero-order valence-corrected chi connectivity index (χ0v) is 26.8. The van der Waals surface area contributed by atoms with Gasteiger partial charge in [0, 0.05) is 12.5 Å². The van der Waals surface area contributed by atoms with Gasteiger partial charge in [0.25, 0.3) is 0 Å². The van der Waals surface area contributed by atoms with Crippen molar-refractivity contribution in [3.8, 4) is 17.6 Å². The highest BCUT2D eigenvalue weighted by Gasteiger charge is 2.19. The number of primary amides is 1. The predicted octanol–water partition coefficient (Wildman–Crippen LogP) is 8.20. The lowest BCUT2D eigenvalue weighted by molar-refractivity contribution is -0.140. The smallest absolute Gasteiger partial charge is 0.404 e. The third-order valence-corrected chi connectivity index (χ3v) is 7.19. The van der Waals surface area contributed by atoms with E-state index in [0.717, 1.165) is 12.0 Å². The average Bonchev–Trinajstić information content (AvgIpc) is 2.88. The Labute approximate surface area is 254 Å². The summed E-state index contributed by atoms with van der Waals surface area (Å²) >= 11 is 3.45. The van der Waals surface area contributed by atoms with E-state index in [1.54, 1.807) is 24.3 Å². The molecule has 6 nitrogen and oxygen atoms in total. The van der Waals surface area contributed by atoms with Gasteiger partial charge >= 0.3 is 12.1 Å². The van der Waals surface area contributed by atoms with E-state index in [1.165, 1.54) is 6.08 Å². The van der Waals surface area contributed by atoms with Gasteiger partial charge in [0.05, 0.1) is 4.47 Å². The van der Waals surface area contributed by atoms with Gasteiger partial charge in [-0.3, -0.25) is 0 Å². The summed E-state index contributed by atoms with van der Waals surface area (Å²) < 4.78 is 11.7. The molecule has 0 radical (unpaired) electrons. The van der Waals surface area contributed by atoms with Gasteiger partial charge in [-0.2, -0.15) is 0 Å². The first-order valence-corrected chi connectivity index (χ1v) is 15.1. The number of aromatic hydroxyl groups is 1. The van der Waals surface area contributed by atoms with Crippen molar-refractivity contribution < 1.29 is 24.2 Å². The first-order valence-electron chi connectivity index (χ1n) is 14.3. The second kappa shape index (κ2) is 19.0. The first-order chi connectivity index (χ1) is 19.4. The normalized spacial score (nSPS) is 23.7. The van der Waals surface area contributed by atoms with E-state index in [0.29, 0.717) is 30.2 Å². The number of amides is 1. The molecule has 0 fully saturated rings. The summed E-state index contributed by atoms with van der Waals surface area (Å²) in [5.41, 5.74) is 6.12. The van der Waals surface area contributed by atoms with E-state index in [9.17, 15) is 14.7 Å². The second-order valence-electron chi connectivity index (χ2n) is 10.8. The zero-order valence-electron chi connectivity index (χ0n) is 25.2. The van der Waals surface area contributed by atoms with Crippen molar-refractivity contribution in [2.45, 2.75) is 85.9 Å². The van der Waals surface area contributed by atoms with Crippen molar-refractivity contribution in [2.24, 2.45) is 23.0 Å². The fourth-order valence-electron chi connectivity index (χ4n) is 4.36. The van der Waals surface area contributed by atoms with E-state index in [1.807, 2.05) is 57.2 Å². The highest BCUT2D eigenvalue weighted by Crippen LogP contribution is 2.32. The molecule has 1 heterocycles. The molecule has 0 saturated carbocycles. The van der Waals surface area contributed by atoms with Crippen LogP contribution in [0.3, 0.4) is 0 Å². The molecule has 2 rings (SSSR count). The van der Waals surface area contributed by atoms with Gasteiger partial charge in [-0.25, -0.2) is 9.59 Å². The molecule has 0 aliphatic carbocycles. The van der Waals surface area contributed by atoms with E-state index in [-0.39, 0.29) is 29.1 Å². The molecule has 41 heavy (non-hydrogen) atoms. The molecule has 0 spiro atoms. The second-order valence-corrected chi connectivity index (χ2v) is 11.6. The van der Waals surface area contributed by atoms with Crippen LogP contribution in [-0.4, -0.2) is 29.4 Å². The number of carbonyl (C=O) groups is 2. The molecule has 0 aromatic heterocycles. The number of phenolic OH excluding ortho intramolecular Hbond substituents is 1. The van der Waals surface area contributed by atoms with Crippen molar-refractivity contribution in [3.63, 3.8) is 0 Å². The lowest BCUT2D eigenvalue weighted by Gasteiger charge is -2.22. The Kier molecular flexibility index (Phi) is 16.6. The molecule has 4 unspecified atom stereocenters. The highest BCUT2D eigenvalue weighted by atomic mass is 79.9. The summed E-state index contributed by atoms with van der Waals surface area (Å²) in [5, 5.41) is 9.91. The van der Waals surface area contributed by atoms with Crippen molar-refractivity contribution in [2.75, 3.05) is 0 Å². The summed E-state index contributed by atoms with van der Waals surface area (Å²) in [4.78, 5) is 23.7. The Morgan fingerprint density at radius 3 is 2.59 bits per heavy atom. The van der Waals surface area contributed by atoms with Crippen LogP contribution in [0.1, 0.15) is 72.8 Å². The molecule has 4 atom stereocenters. The predicted molar refractivity (Wildman–Crippen MR) is 170 cm³/mol. The molecule has 1 aromatic rings. The molecule has 1 amide bonds. The number of esters is 1. The standard InChI is InChI=1S/C32H40BrNO5.C2H6/c1-23-12-9-16-26(38-29(36)18-10-13-24(2)21-27(20-23)39-31(34)37)15-7-5-6-8-19-32(3,4)22-25-14-11-17-28(35)30(25)33;1-2/h7-12,14-15,17-19,23-24,26-27,35H,13,16,20-22H2,1-4H3,(H2,34,37);1-2H3/b12-9+,15-7+,18-10-,19-8+;. The van der Waals surface area contributed by atoms with Gasteiger partial charge in [0.2, 0.25) is 0 Å². The van der Waals surface area contributed by atoms with Crippen molar-refractivity contribution in [1.82, 2.24) is 0 Å². The number of allylic oxidation sites excluding steroid dienone is 5. The highest BCUT2D eigenvalue weighted by molar-refractivity contribution is 9.10. The molecule has 1 aliphatic heterocycles. The van der Waals surface area contributed by atoms with Crippen LogP contribution in [0.2, 0.25) is 0 Å². The van der Waals surface area contributed by atoms with E-state index >= 15 is 0 Å². The average molecular weight is 629 g/mol. The lowest BCUT2D eigenvalue weighted by Crippen LogP contribution is -2.26. The van der Waals surface area contributed by atoms with Crippen LogP contribution in [0.15, 0.2) is 71.3 Å². The monoisotopic (exact) mass is 627 g/mol. The van der Waals surface area contributed by atoms with E-state index in [4.69, 9.17) is 15.2 Å². The van der Waals surface area contributed by atoms with Crippen molar-refractivity contribution >= 4 is 28.0 Å². The van der Waals surface area contributed by atoms with Crippen LogP contribution in [0.4, 0.5) is 4.79 Å². The lowest BCUT2D eigenvalue weighted by atomic mass is 9.85. The van der Waals surface area contributed by atoms with Gasteiger partial charge < -0.3 is 20.3 Å². The summed E-state index contributed by atoms with van der Waals surface area (Å²) in [7, 11) is 0. The van der Waals surface area contributed by atoms with Crippen LogP contribution in [0, 0.1) is 29.1 Å². The molecule has 1 aromatic carbocycles. The number of ether oxygens (including phenoxy) is 2. The van der Waals surface area contributed by atoms with Crippen LogP contribution >= 0.6 is 15.9 Å². The maximum absolute atomic E-state index is 12.4. The number of carbonyl (C=O) groups excluding carboxylic acids is 2. The first kappa shape index (κ1) is 35.8. The number of hydrogen-bond donors (Lipinski definition) is 2. The molecule has 3 N–H and O–H groups in total. The Balaban J connectivity index is 0.00000411. The molecule has 0 bridgehead atoms. The number of benzene rings is 1. The molecule has 0 saturated heterocycles. The van der Waals surface area contributed by atoms with Crippen LogP contribution in [0.25, 0.3) is 0 Å². The largest absolute Gasteiger partial charge is 0.507 e. The summed E-state index contributed by atoms with van der Waals surface area (Å²) in [6, 6.07) is 5.47. The topological polar surface area (TPSA) is 98.8 Å². The fourth-order valence-corrected chi connectivity index (χ4v) is 4.77. The Hall–Kier alpha value is -3.24. The third-order valence-electron chi connectivity index (χ3n) is 6.28. The van der Waals surface area contributed by atoms with Crippen LogP contribution < -0.4 is 5.73 Å². The molecular formula is C34H46BrNO5. The Morgan fingerprint density at radius 1 is 1.17 bits per heavy atom. The van der Waals surface area contributed by atoms with Gasteiger partial charge in [-0.05, 0) is 88.7 Å². The van der Waals surface area contributed by atoms with E-state index < -0.39 is 18.2 Å². The number of rotatable bonds is 5. The number of hydrogen-bond acceptors (Lipinski definition) is 5. The van der Waals surface area contributed by atoms with Crippen LogP contribution in [0.5, 0.6) is 5.75 Å². The molecule has 1 aliphatic rings. The maximum atomic E-state index is 12.4. The minimum atomic E-state index is -0.766.